The standard InChI is InChI=1S/C10H8BrN3O3/c1-5-2-3-7(6(11)4-5)14-10(17)12-8(13-14)9(15)16/h2-4H,1H3,(H,15,16)(H,12,13,17). The van der Waals surface area contributed by atoms with Crippen molar-refractivity contribution in [3.05, 3.63) is 44.5 Å². The van der Waals surface area contributed by atoms with Crippen molar-refractivity contribution in [1.82, 2.24) is 14.8 Å². The lowest BCUT2D eigenvalue weighted by Gasteiger charge is -2.03. The summed E-state index contributed by atoms with van der Waals surface area (Å²) in [5.74, 6) is -1.66. The Bertz CT molecular complexity index is 644. The molecule has 2 rings (SSSR count). The lowest BCUT2D eigenvalue weighted by molar-refractivity contribution is 0.0683. The predicted molar refractivity (Wildman–Crippen MR) is 63.6 cm³/mol. The Kier molecular flexibility index (Phi) is 2.84. The molecule has 0 unspecified atom stereocenters. The maximum Gasteiger partial charge on any atom is 0.373 e. The van der Waals surface area contributed by atoms with Crippen LogP contribution in [0.1, 0.15) is 16.2 Å². The Morgan fingerprint density at radius 1 is 1.53 bits per heavy atom. The summed E-state index contributed by atoms with van der Waals surface area (Å²) < 4.78 is 1.68. The number of nitrogens with zero attached hydrogens (tertiary/aromatic N) is 2. The molecule has 0 amide bonds. The molecule has 0 saturated carbocycles. The second-order valence-electron chi connectivity index (χ2n) is 3.45. The number of carboxylic acids is 1. The number of hydrogen-bond acceptors (Lipinski definition) is 3. The number of benzene rings is 1. The van der Waals surface area contributed by atoms with Gasteiger partial charge in [-0.15, -0.1) is 5.10 Å². The Balaban J connectivity index is 2.60. The Labute approximate surface area is 104 Å². The molecule has 0 aliphatic heterocycles. The molecule has 1 aromatic heterocycles. The molecule has 0 bridgehead atoms. The summed E-state index contributed by atoms with van der Waals surface area (Å²) in [5, 5.41) is 12.4. The zero-order valence-electron chi connectivity index (χ0n) is 8.77. The van der Waals surface area contributed by atoms with Crippen LogP contribution in [0.4, 0.5) is 0 Å². The van der Waals surface area contributed by atoms with Crippen LogP contribution in [0, 0.1) is 6.92 Å². The molecule has 1 heterocycles. The molecule has 0 radical (unpaired) electrons. The van der Waals surface area contributed by atoms with E-state index in [4.69, 9.17) is 5.11 Å². The van der Waals surface area contributed by atoms with Gasteiger partial charge in [-0.2, -0.15) is 4.68 Å². The summed E-state index contributed by atoms with van der Waals surface area (Å²) in [7, 11) is 0. The van der Waals surface area contributed by atoms with Crippen molar-refractivity contribution in [3.8, 4) is 5.69 Å². The van der Waals surface area contributed by atoms with Crippen LogP contribution in [0.5, 0.6) is 0 Å². The number of aromatic nitrogens is 3. The Morgan fingerprint density at radius 3 is 2.76 bits per heavy atom. The Morgan fingerprint density at radius 2 is 2.24 bits per heavy atom. The van der Waals surface area contributed by atoms with E-state index in [1.807, 2.05) is 19.1 Å². The second kappa shape index (κ2) is 4.17. The lowest BCUT2D eigenvalue weighted by atomic mass is 10.2. The molecule has 2 aromatic rings. The first-order chi connectivity index (χ1) is 7.99. The van der Waals surface area contributed by atoms with Gasteiger partial charge in [-0.25, -0.2) is 9.59 Å². The highest BCUT2D eigenvalue weighted by molar-refractivity contribution is 9.10. The van der Waals surface area contributed by atoms with Gasteiger partial charge < -0.3 is 5.11 Å². The number of aromatic carboxylic acids is 1. The fourth-order valence-corrected chi connectivity index (χ4v) is 2.03. The van der Waals surface area contributed by atoms with Crippen LogP contribution < -0.4 is 5.69 Å². The van der Waals surface area contributed by atoms with Gasteiger partial charge >= 0.3 is 11.7 Å². The number of H-pyrrole nitrogens is 1. The van der Waals surface area contributed by atoms with E-state index in [0.717, 1.165) is 10.2 Å². The first-order valence-corrected chi connectivity index (χ1v) is 5.47. The molecule has 0 atom stereocenters. The quantitative estimate of drug-likeness (QED) is 0.875. The number of carbonyl (C=O) groups is 1. The molecule has 0 saturated heterocycles. The van der Waals surface area contributed by atoms with Crippen molar-refractivity contribution in [2.75, 3.05) is 0 Å². The van der Waals surface area contributed by atoms with Gasteiger partial charge in [-0.3, -0.25) is 4.98 Å². The monoisotopic (exact) mass is 297 g/mol. The Hall–Kier alpha value is -1.89. The summed E-state index contributed by atoms with van der Waals surface area (Å²) in [6.07, 6.45) is 0. The van der Waals surface area contributed by atoms with Crippen molar-refractivity contribution in [3.63, 3.8) is 0 Å². The topological polar surface area (TPSA) is 88.0 Å². The lowest BCUT2D eigenvalue weighted by Crippen LogP contribution is -2.16. The second-order valence-corrected chi connectivity index (χ2v) is 4.30. The van der Waals surface area contributed by atoms with Crippen molar-refractivity contribution >= 4 is 21.9 Å². The molecule has 0 fully saturated rings. The molecular weight excluding hydrogens is 290 g/mol. The van der Waals surface area contributed by atoms with E-state index in [1.165, 1.54) is 0 Å². The predicted octanol–water partition coefficient (Wildman–Crippen LogP) is 1.33. The SMILES string of the molecule is Cc1ccc(-n2nc(C(=O)O)[nH]c2=O)c(Br)c1. The highest BCUT2D eigenvalue weighted by Crippen LogP contribution is 2.20. The van der Waals surface area contributed by atoms with E-state index >= 15 is 0 Å². The smallest absolute Gasteiger partial charge is 0.373 e. The minimum atomic E-state index is -1.27. The van der Waals surface area contributed by atoms with Crippen LogP contribution in [-0.4, -0.2) is 25.8 Å². The zero-order chi connectivity index (χ0) is 12.6. The van der Waals surface area contributed by atoms with E-state index in [-0.39, 0.29) is 5.82 Å². The third-order valence-electron chi connectivity index (χ3n) is 2.15. The molecule has 0 aliphatic carbocycles. The fraction of sp³-hybridized carbons (Fsp3) is 0.100. The largest absolute Gasteiger partial charge is 0.475 e. The van der Waals surface area contributed by atoms with Crippen molar-refractivity contribution < 1.29 is 9.90 Å². The molecule has 6 nitrogen and oxygen atoms in total. The van der Waals surface area contributed by atoms with Gasteiger partial charge in [-0.05, 0) is 40.5 Å². The van der Waals surface area contributed by atoms with Crippen LogP contribution in [0.2, 0.25) is 0 Å². The normalized spacial score (nSPS) is 10.5. The zero-order valence-corrected chi connectivity index (χ0v) is 10.4. The van der Waals surface area contributed by atoms with Gasteiger partial charge in [0.25, 0.3) is 0 Å². The minimum absolute atomic E-state index is 0.387. The van der Waals surface area contributed by atoms with E-state index in [9.17, 15) is 9.59 Å². The van der Waals surface area contributed by atoms with Gasteiger partial charge in [0.1, 0.15) is 0 Å². The average molecular weight is 298 g/mol. The number of nitrogens with one attached hydrogen (secondary N) is 1. The van der Waals surface area contributed by atoms with Gasteiger partial charge in [0.05, 0.1) is 5.69 Å². The fourth-order valence-electron chi connectivity index (χ4n) is 1.37. The van der Waals surface area contributed by atoms with Crippen LogP contribution in [0.25, 0.3) is 5.69 Å². The minimum Gasteiger partial charge on any atom is -0.475 e. The summed E-state index contributed by atoms with van der Waals surface area (Å²) in [6.45, 7) is 1.91. The van der Waals surface area contributed by atoms with Crippen molar-refractivity contribution in [2.24, 2.45) is 0 Å². The summed E-state index contributed by atoms with van der Waals surface area (Å²) >= 11 is 3.30. The molecule has 0 spiro atoms. The van der Waals surface area contributed by atoms with E-state index in [1.54, 1.807) is 6.07 Å². The molecule has 17 heavy (non-hydrogen) atoms. The number of aromatic amines is 1. The molecule has 0 aliphatic rings. The molecule has 1 aromatic carbocycles. The summed E-state index contributed by atoms with van der Waals surface area (Å²) in [6, 6.07) is 5.31. The van der Waals surface area contributed by atoms with Gasteiger partial charge in [-0.1, -0.05) is 6.07 Å². The van der Waals surface area contributed by atoms with Gasteiger partial charge in [0.15, 0.2) is 0 Å². The maximum atomic E-state index is 11.5. The molecular formula is C10H8BrN3O3. The molecule has 88 valence electrons. The number of aryl methyl sites for hydroxylation is 1. The average Bonchev–Trinajstić information content (AvgIpc) is 2.61. The first-order valence-electron chi connectivity index (χ1n) is 4.68. The number of rotatable bonds is 2. The maximum absolute atomic E-state index is 11.5. The number of carboxylic acid groups (broad SMARTS) is 1. The molecule has 2 N–H and O–H groups in total. The number of hydrogen-bond donors (Lipinski definition) is 2. The third-order valence-corrected chi connectivity index (χ3v) is 2.79. The van der Waals surface area contributed by atoms with Crippen LogP contribution in [-0.2, 0) is 0 Å². The van der Waals surface area contributed by atoms with Crippen molar-refractivity contribution in [1.29, 1.82) is 0 Å². The van der Waals surface area contributed by atoms with Crippen molar-refractivity contribution in [2.45, 2.75) is 6.92 Å². The van der Waals surface area contributed by atoms with Crippen LogP contribution in [0.3, 0.4) is 0 Å². The summed E-state index contributed by atoms with van der Waals surface area (Å²) in [5.41, 5.74) is 0.916. The summed E-state index contributed by atoms with van der Waals surface area (Å²) in [4.78, 5) is 24.4. The first kappa shape index (κ1) is 11.6. The highest BCUT2D eigenvalue weighted by Gasteiger charge is 2.14. The molecule has 7 heteroatoms. The van der Waals surface area contributed by atoms with Gasteiger partial charge in [0, 0.05) is 4.47 Å². The van der Waals surface area contributed by atoms with Gasteiger partial charge in [0.2, 0.25) is 5.82 Å². The highest BCUT2D eigenvalue weighted by atomic mass is 79.9. The third kappa shape index (κ3) is 2.14. The van der Waals surface area contributed by atoms with E-state index in [0.29, 0.717) is 10.2 Å². The van der Waals surface area contributed by atoms with Crippen LogP contribution in [0.15, 0.2) is 27.5 Å². The van der Waals surface area contributed by atoms with E-state index < -0.39 is 11.7 Å². The van der Waals surface area contributed by atoms with E-state index in [2.05, 4.69) is 26.0 Å². The van der Waals surface area contributed by atoms with Crippen LogP contribution >= 0.6 is 15.9 Å². The number of halogens is 1.